The lowest BCUT2D eigenvalue weighted by Crippen LogP contribution is -1.96. The Morgan fingerprint density at radius 1 is 1.55 bits per heavy atom. The second-order valence-corrected chi connectivity index (χ2v) is 2.57. The van der Waals surface area contributed by atoms with Crippen molar-refractivity contribution < 1.29 is 0 Å². The van der Waals surface area contributed by atoms with Gasteiger partial charge in [-0.25, -0.2) is 9.97 Å². The van der Waals surface area contributed by atoms with E-state index in [0.29, 0.717) is 5.92 Å². The van der Waals surface area contributed by atoms with E-state index in [1.54, 1.807) is 6.20 Å². The van der Waals surface area contributed by atoms with Crippen LogP contribution in [0.15, 0.2) is 12.3 Å². The first kappa shape index (κ1) is 7.67. The minimum atomic E-state index is 0.246. The third kappa shape index (κ3) is 1.74. The molecule has 11 heavy (non-hydrogen) atoms. The molecular formula is C8H9N3. The van der Waals surface area contributed by atoms with Crippen LogP contribution in [0.5, 0.6) is 0 Å². The van der Waals surface area contributed by atoms with Crippen molar-refractivity contribution in [1.82, 2.24) is 9.97 Å². The van der Waals surface area contributed by atoms with E-state index in [1.807, 2.05) is 26.0 Å². The summed E-state index contributed by atoms with van der Waals surface area (Å²) in [5.74, 6) is 0.598. The van der Waals surface area contributed by atoms with E-state index in [4.69, 9.17) is 5.26 Å². The molecule has 0 aliphatic heterocycles. The second-order valence-electron chi connectivity index (χ2n) is 2.57. The molecule has 0 saturated carbocycles. The maximum atomic E-state index is 8.47. The van der Waals surface area contributed by atoms with E-state index in [2.05, 4.69) is 9.97 Å². The fraction of sp³-hybridized carbons (Fsp3) is 0.375. The quantitative estimate of drug-likeness (QED) is 0.604. The molecule has 1 rings (SSSR count). The third-order valence-corrected chi connectivity index (χ3v) is 1.37. The number of nitriles is 1. The molecule has 0 aliphatic carbocycles. The molecular weight excluding hydrogens is 138 g/mol. The normalized spacial score (nSPS) is 9.64. The molecule has 56 valence electrons. The third-order valence-electron chi connectivity index (χ3n) is 1.37. The van der Waals surface area contributed by atoms with Gasteiger partial charge in [0.1, 0.15) is 6.07 Å². The van der Waals surface area contributed by atoms with E-state index in [-0.39, 0.29) is 5.82 Å². The Morgan fingerprint density at radius 3 is 2.82 bits per heavy atom. The molecule has 0 atom stereocenters. The fourth-order valence-electron chi connectivity index (χ4n) is 0.748. The molecule has 0 aliphatic rings. The first-order chi connectivity index (χ1) is 5.24. The van der Waals surface area contributed by atoms with Gasteiger partial charge < -0.3 is 0 Å². The Bertz CT molecular complexity index is 286. The van der Waals surface area contributed by atoms with Crippen molar-refractivity contribution in [1.29, 1.82) is 5.26 Å². The van der Waals surface area contributed by atoms with Crippen LogP contribution in [0.1, 0.15) is 31.3 Å². The maximum Gasteiger partial charge on any atom is 0.232 e. The van der Waals surface area contributed by atoms with Gasteiger partial charge in [0.05, 0.1) is 0 Å². The number of hydrogen-bond donors (Lipinski definition) is 0. The summed E-state index contributed by atoms with van der Waals surface area (Å²) in [6.45, 7) is 4.06. The largest absolute Gasteiger partial charge is 0.232 e. The van der Waals surface area contributed by atoms with Crippen molar-refractivity contribution >= 4 is 0 Å². The molecule has 1 aromatic heterocycles. The van der Waals surface area contributed by atoms with Crippen molar-refractivity contribution in [3.8, 4) is 6.07 Å². The van der Waals surface area contributed by atoms with E-state index in [0.717, 1.165) is 5.69 Å². The van der Waals surface area contributed by atoms with Crippen molar-refractivity contribution in [2.24, 2.45) is 0 Å². The summed E-state index contributed by atoms with van der Waals surface area (Å²) < 4.78 is 0. The highest BCUT2D eigenvalue weighted by molar-refractivity contribution is 5.14. The van der Waals surface area contributed by atoms with Crippen LogP contribution in [0.4, 0.5) is 0 Å². The molecule has 3 heteroatoms. The number of rotatable bonds is 1. The van der Waals surface area contributed by atoms with E-state index < -0.39 is 0 Å². The zero-order chi connectivity index (χ0) is 8.27. The highest BCUT2D eigenvalue weighted by atomic mass is 14.9. The summed E-state index contributed by atoms with van der Waals surface area (Å²) >= 11 is 0. The highest BCUT2D eigenvalue weighted by Gasteiger charge is 2.01. The molecule has 1 heterocycles. The molecule has 0 bridgehead atoms. The average Bonchev–Trinajstić information content (AvgIpc) is 2.05. The standard InChI is InChI=1S/C8H9N3/c1-6(2)7-3-4-10-8(5-9)11-7/h3-4,6H,1-2H3. The summed E-state index contributed by atoms with van der Waals surface area (Å²) in [5.41, 5.74) is 0.913. The minimum absolute atomic E-state index is 0.246. The molecule has 0 spiro atoms. The Morgan fingerprint density at radius 2 is 2.27 bits per heavy atom. The molecule has 1 aromatic rings. The molecule has 0 N–H and O–H groups in total. The van der Waals surface area contributed by atoms with Gasteiger partial charge in [-0.1, -0.05) is 13.8 Å². The van der Waals surface area contributed by atoms with Gasteiger partial charge in [-0.3, -0.25) is 0 Å². The van der Waals surface area contributed by atoms with Crippen LogP contribution in [0.3, 0.4) is 0 Å². The van der Waals surface area contributed by atoms with Crippen molar-refractivity contribution in [3.05, 3.63) is 23.8 Å². The van der Waals surface area contributed by atoms with E-state index in [9.17, 15) is 0 Å². The Balaban J connectivity index is 3.03. The Labute approximate surface area is 65.7 Å². The van der Waals surface area contributed by atoms with Crippen molar-refractivity contribution in [2.75, 3.05) is 0 Å². The maximum absolute atomic E-state index is 8.47. The van der Waals surface area contributed by atoms with Crippen LogP contribution in [-0.2, 0) is 0 Å². The van der Waals surface area contributed by atoms with Crippen LogP contribution >= 0.6 is 0 Å². The number of nitrogens with zero attached hydrogens (tertiary/aromatic N) is 3. The molecule has 0 radical (unpaired) electrons. The molecule has 0 saturated heterocycles. The zero-order valence-electron chi connectivity index (χ0n) is 6.57. The Hall–Kier alpha value is -1.43. The summed E-state index contributed by atoms with van der Waals surface area (Å²) in [7, 11) is 0. The number of aromatic nitrogens is 2. The molecule has 0 unspecified atom stereocenters. The molecule has 3 nitrogen and oxygen atoms in total. The molecule has 0 fully saturated rings. The van der Waals surface area contributed by atoms with Crippen LogP contribution in [0, 0.1) is 11.3 Å². The lowest BCUT2D eigenvalue weighted by atomic mass is 10.1. The van der Waals surface area contributed by atoms with Gasteiger partial charge in [0.25, 0.3) is 0 Å². The molecule has 0 aromatic carbocycles. The van der Waals surface area contributed by atoms with Gasteiger partial charge in [0.2, 0.25) is 5.82 Å². The van der Waals surface area contributed by atoms with Gasteiger partial charge in [-0.2, -0.15) is 5.26 Å². The minimum Gasteiger partial charge on any atom is -0.228 e. The smallest absolute Gasteiger partial charge is 0.228 e. The van der Waals surface area contributed by atoms with E-state index >= 15 is 0 Å². The topological polar surface area (TPSA) is 49.6 Å². The van der Waals surface area contributed by atoms with Crippen LogP contribution in [0.2, 0.25) is 0 Å². The van der Waals surface area contributed by atoms with Crippen LogP contribution in [-0.4, -0.2) is 9.97 Å². The van der Waals surface area contributed by atoms with Crippen molar-refractivity contribution in [2.45, 2.75) is 19.8 Å². The molecule has 0 amide bonds. The Kier molecular flexibility index (Phi) is 2.17. The SMILES string of the molecule is CC(C)c1ccnc(C#N)n1. The second kappa shape index (κ2) is 3.11. The first-order valence-corrected chi connectivity index (χ1v) is 3.47. The van der Waals surface area contributed by atoms with Crippen LogP contribution < -0.4 is 0 Å². The van der Waals surface area contributed by atoms with Gasteiger partial charge in [-0.05, 0) is 12.0 Å². The monoisotopic (exact) mass is 147 g/mol. The average molecular weight is 147 g/mol. The first-order valence-electron chi connectivity index (χ1n) is 3.47. The predicted octanol–water partition coefficient (Wildman–Crippen LogP) is 1.47. The summed E-state index contributed by atoms with van der Waals surface area (Å²) in [6, 6.07) is 3.72. The summed E-state index contributed by atoms with van der Waals surface area (Å²) in [4.78, 5) is 7.79. The van der Waals surface area contributed by atoms with Crippen molar-refractivity contribution in [3.63, 3.8) is 0 Å². The van der Waals surface area contributed by atoms with Gasteiger partial charge in [-0.15, -0.1) is 0 Å². The predicted molar refractivity (Wildman–Crippen MR) is 40.8 cm³/mol. The zero-order valence-corrected chi connectivity index (χ0v) is 6.57. The van der Waals surface area contributed by atoms with Gasteiger partial charge in [0.15, 0.2) is 0 Å². The van der Waals surface area contributed by atoms with Gasteiger partial charge in [0, 0.05) is 11.9 Å². The van der Waals surface area contributed by atoms with Crippen LogP contribution in [0.25, 0.3) is 0 Å². The number of hydrogen-bond acceptors (Lipinski definition) is 3. The van der Waals surface area contributed by atoms with Gasteiger partial charge >= 0.3 is 0 Å². The lowest BCUT2D eigenvalue weighted by Gasteiger charge is -2.01. The fourth-order valence-corrected chi connectivity index (χ4v) is 0.748. The van der Waals surface area contributed by atoms with E-state index in [1.165, 1.54) is 0 Å². The lowest BCUT2D eigenvalue weighted by molar-refractivity contribution is 0.809. The highest BCUT2D eigenvalue weighted by Crippen LogP contribution is 2.09. The summed E-state index contributed by atoms with van der Waals surface area (Å²) in [5, 5.41) is 8.47. The summed E-state index contributed by atoms with van der Waals surface area (Å²) in [6.07, 6.45) is 1.61.